The molecule has 4 N–H and O–H groups in total. The number of nitrogens with one attached hydrogen (secondary N) is 2. The Morgan fingerprint density at radius 3 is 2.18 bits per heavy atom. The zero-order valence-electron chi connectivity index (χ0n) is 17.2. The second-order valence-corrected chi connectivity index (χ2v) is 10.3. The van der Waals surface area contributed by atoms with E-state index in [9.17, 15) is 13.2 Å². The average molecular weight is 417 g/mol. The first kappa shape index (κ1) is 21.9. The molecule has 0 bridgehead atoms. The fraction of sp³-hybridized carbons (Fsp3) is 0.944. The Morgan fingerprint density at radius 2 is 1.61 bits per heavy atom. The number of amides is 1. The maximum absolute atomic E-state index is 11.8. The fourth-order valence-electron chi connectivity index (χ4n) is 4.94. The summed E-state index contributed by atoms with van der Waals surface area (Å²) >= 11 is 0. The lowest BCUT2D eigenvalue weighted by atomic mass is 9.96. The van der Waals surface area contributed by atoms with Crippen molar-refractivity contribution in [2.75, 3.05) is 39.0 Å². The number of carbonyl (C=O) groups is 1. The van der Waals surface area contributed by atoms with E-state index in [1.54, 1.807) is 6.92 Å². The van der Waals surface area contributed by atoms with Gasteiger partial charge < -0.3 is 5.32 Å². The Labute approximate surface area is 169 Å². The van der Waals surface area contributed by atoms with Gasteiger partial charge in [-0.2, -0.15) is 0 Å². The molecule has 3 saturated heterocycles. The largest absolute Gasteiger partial charge is 0.354 e. The van der Waals surface area contributed by atoms with E-state index in [0.717, 1.165) is 64.8 Å². The monoisotopic (exact) mass is 416 g/mol. The van der Waals surface area contributed by atoms with Crippen LogP contribution in [0.15, 0.2) is 0 Å². The van der Waals surface area contributed by atoms with Gasteiger partial charge in [0.05, 0.1) is 6.26 Å². The predicted molar refractivity (Wildman–Crippen MR) is 108 cm³/mol. The summed E-state index contributed by atoms with van der Waals surface area (Å²) < 4.78 is 26.3. The van der Waals surface area contributed by atoms with E-state index < -0.39 is 15.8 Å². The Morgan fingerprint density at radius 1 is 1.00 bits per heavy atom. The van der Waals surface area contributed by atoms with Crippen LogP contribution in [0, 0.1) is 0 Å². The molecule has 2 atom stereocenters. The molecule has 28 heavy (non-hydrogen) atoms. The zero-order valence-corrected chi connectivity index (χ0v) is 18.0. The van der Waals surface area contributed by atoms with Crippen LogP contribution in [0.2, 0.25) is 0 Å². The highest BCUT2D eigenvalue weighted by Crippen LogP contribution is 2.32. The molecule has 0 saturated carbocycles. The van der Waals surface area contributed by atoms with Crippen molar-refractivity contribution in [2.45, 2.75) is 69.7 Å². The summed E-state index contributed by atoms with van der Waals surface area (Å²) in [6, 6.07) is 0.0791. The van der Waals surface area contributed by atoms with Crippen LogP contribution < -0.4 is 15.8 Å². The third-order valence-electron chi connectivity index (χ3n) is 6.19. The summed E-state index contributed by atoms with van der Waals surface area (Å²) in [7, 11) is -3.26. The van der Waals surface area contributed by atoms with Gasteiger partial charge in [-0.1, -0.05) is 6.42 Å². The molecule has 0 spiro atoms. The minimum absolute atomic E-state index is 0.0209. The standard InChI is InChI=1S/C18H36N6O3S/c1-15(25)20-16-6-11-23(12-7-16)24-13-8-17(21-28(2,26)27)14-18(24,19)22-9-4-3-5-10-22/h16-17,21H,3-14,19H2,1-2H3,(H,20,25). The molecule has 3 aliphatic rings. The van der Waals surface area contributed by atoms with Gasteiger partial charge in [-0.15, -0.1) is 0 Å². The van der Waals surface area contributed by atoms with Gasteiger partial charge in [0.1, 0.15) is 5.79 Å². The van der Waals surface area contributed by atoms with E-state index >= 15 is 0 Å². The molecular formula is C18H36N6O3S. The number of hydrogen-bond donors (Lipinski definition) is 3. The minimum atomic E-state index is -3.26. The number of likely N-dealkylation sites (tertiary alicyclic amines) is 1. The molecule has 9 nitrogen and oxygen atoms in total. The van der Waals surface area contributed by atoms with Crippen LogP contribution in [0.25, 0.3) is 0 Å². The first-order valence-electron chi connectivity index (χ1n) is 10.5. The first-order chi connectivity index (χ1) is 13.2. The van der Waals surface area contributed by atoms with Crippen molar-refractivity contribution in [1.29, 1.82) is 0 Å². The van der Waals surface area contributed by atoms with Gasteiger partial charge in [-0.3, -0.25) is 15.4 Å². The van der Waals surface area contributed by atoms with Crippen LogP contribution in [0.1, 0.15) is 51.9 Å². The van der Waals surface area contributed by atoms with Crippen LogP contribution in [0.5, 0.6) is 0 Å². The lowest BCUT2D eigenvalue weighted by molar-refractivity contribution is -0.207. The molecule has 10 heteroatoms. The molecule has 3 rings (SSSR count). The number of nitrogens with zero attached hydrogens (tertiary/aromatic N) is 3. The summed E-state index contributed by atoms with van der Waals surface area (Å²) in [5.74, 6) is -0.658. The van der Waals surface area contributed by atoms with Crippen LogP contribution in [-0.4, -0.2) is 86.1 Å². The zero-order chi connectivity index (χ0) is 20.4. The van der Waals surface area contributed by atoms with Crippen LogP contribution in [-0.2, 0) is 14.8 Å². The molecule has 3 fully saturated rings. The summed E-state index contributed by atoms with van der Waals surface area (Å²) in [5, 5.41) is 7.62. The third kappa shape index (κ3) is 5.43. The van der Waals surface area contributed by atoms with Crippen LogP contribution >= 0.6 is 0 Å². The summed E-state index contributed by atoms with van der Waals surface area (Å²) in [6.45, 7) is 5.88. The molecule has 0 radical (unpaired) electrons. The van der Waals surface area contributed by atoms with Gasteiger partial charge in [0.15, 0.2) is 0 Å². The second-order valence-electron chi connectivity index (χ2n) is 8.56. The molecule has 0 aliphatic carbocycles. The van der Waals surface area contributed by atoms with Gasteiger partial charge in [0.25, 0.3) is 0 Å². The van der Waals surface area contributed by atoms with Gasteiger partial charge in [-0.25, -0.2) is 23.2 Å². The van der Waals surface area contributed by atoms with E-state index in [1.807, 2.05) is 0 Å². The van der Waals surface area contributed by atoms with Crippen molar-refractivity contribution in [3.05, 3.63) is 0 Å². The smallest absolute Gasteiger partial charge is 0.217 e. The maximum atomic E-state index is 11.8. The van der Waals surface area contributed by atoms with E-state index in [0.29, 0.717) is 6.42 Å². The SMILES string of the molecule is CC(=O)NC1CCN(N2CCC(NS(C)(=O)=O)CC2(N)N2CCCCC2)CC1. The summed E-state index contributed by atoms with van der Waals surface area (Å²) in [6.07, 6.45) is 7.81. The van der Waals surface area contributed by atoms with E-state index in [1.165, 1.54) is 12.7 Å². The Bertz CT molecular complexity index is 646. The molecule has 3 aliphatic heterocycles. The first-order valence-corrected chi connectivity index (χ1v) is 12.4. The lowest BCUT2D eigenvalue weighted by Crippen LogP contribution is -2.76. The third-order valence-corrected chi connectivity index (χ3v) is 6.95. The highest BCUT2D eigenvalue weighted by molar-refractivity contribution is 7.88. The van der Waals surface area contributed by atoms with Gasteiger partial charge in [-0.05, 0) is 32.1 Å². The number of carbonyl (C=O) groups excluding carboxylic acids is 1. The molecule has 2 unspecified atom stereocenters. The minimum Gasteiger partial charge on any atom is -0.354 e. The van der Waals surface area contributed by atoms with E-state index in [4.69, 9.17) is 5.73 Å². The Kier molecular flexibility index (Phi) is 6.99. The summed E-state index contributed by atoms with van der Waals surface area (Å²) in [5.41, 5.74) is 7.04. The lowest BCUT2D eigenvalue weighted by Gasteiger charge is -2.57. The number of piperidine rings is 3. The number of sulfonamides is 1. The average Bonchev–Trinajstić information content (AvgIpc) is 2.62. The highest BCUT2D eigenvalue weighted by Gasteiger charge is 2.47. The van der Waals surface area contributed by atoms with Gasteiger partial charge >= 0.3 is 0 Å². The molecule has 0 aromatic carbocycles. The topological polar surface area (TPSA) is 111 Å². The van der Waals surface area contributed by atoms with E-state index in [2.05, 4.69) is 25.0 Å². The van der Waals surface area contributed by atoms with Crippen molar-refractivity contribution in [2.24, 2.45) is 5.73 Å². The van der Waals surface area contributed by atoms with Crippen molar-refractivity contribution >= 4 is 15.9 Å². The van der Waals surface area contributed by atoms with Crippen LogP contribution in [0.4, 0.5) is 0 Å². The predicted octanol–water partition coefficient (Wildman–Crippen LogP) is -0.386. The normalized spacial score (nSPS) is 32.3. The van der Waals surface area contributed by atoms with Gasteiger partial charge in [0.2, 0.25) is 15.9 Å². The van der Waals surface area contributed by atoms with Crippen molar-refractivity contribution in [3.63, 3.8) is 0 Å². The Balaban J connectivity index is 1.72. The quantitative estimate of drug-likeness (QED) is 0.560. The molecule has 162 valence electrons. The molecule has 1 amide bonds. The number of nitrogens with two attached hydrogens (primary N) is 1. The van der Waals surface area contributed by atoms with Crippen molar-refractivity contribution < 1.29 is 13.2 Å². The number of rotatable bonds is 5. The van der Waals surface area contributed by atoms with E-state index in [-0.39, 0.29) is 18.0 Å². The summed E-state index contributed by atoms with van der Waals surface area (Å²) in [4.78, 5) is 13.7. The van der Waals surface area contributed by atoms with Gasteiger partial charge in [0, 0.05) is 58.2 Å². The maximum Gasteiger partial charge on any atom is 0.217 e. The van der Waals surface area contributed by atoms with Crippen molar-refractivity contribution in [1.82, 2.24) is 25.0 Å². The molecule has 0 aromatic heterocycles. The van der Waals surface area contributed by atoms with Crippen LogP contribution in [0.3, 0.4) is 0 Å². The Hall–Kier alpha value is -0.780. The number of hydrogen-bond acceptors (Lipinski definition) is 7. The highest BCUT2D eigenvalue weighted by atomic mass is 32.2. The molecular weight excluding hydrogens is 380 g/mol. The number of hydrazine groups is 1. The molecule has 0 aromatic rings. The molecule has 3 heterocycles. The van der Waals surface area contributed by atoms with Crippen molar-refractivity contribution in [3.8, 4) is 0 Å². The fourth-order valence-corrected chi connectivity index (χ4v) is 5.75. The second kappa shape index (κ2) is 8.93.